The molecule has 5 nitrogen and oxygen atoms in total. The topological polar surface area (TPSA) is 54.5 Å². The summed E-state index contributed by atoms with van der Waals surface area (Å²) in [6, 6.07) is 2.52. The lowest BCUT2D eigenvalue weighted by Crippen LogP contribution is -2.54. The normalized spacial score (nSPS) is 28.7. The lowest BCUT2D eigenvalue weighted by Gasteiger charge is -2.44. The second-order valence-corrected chi connectivity index (χ2v) is 8.65. The van der Waals surface area contributed by atoms with Crippen molar-refractivity contribution < 1.29 is 9.53 Å². The highest BCUT2D eigenvalue weighted by Gasteiger charge is 2.51. The molecule has 1 aliphatic heterocycles. The first-order valence-corrected chi connectivity index (χ1v) is 11.0. The number of hydrogen-bond acceptors (Lipinski definition) is 5. The molecule has 1 aliphatic carbocycles. The standard InChI is InChI=1S/C19H28ClN3O2S/c1-25-19-6-3-15(22-18(24)5-10-26-2)11-17(19)23(9-7-19)13-14-4-8-21-12-16(14)20/h4,8,12,15,17H,3,5-7,9-11,13H2,1-2H3,(H,22,24)/t15-,17+,19-/m1/s1. The number of aromatic nitrogens is 1. The lowest BCUT2D eigenvalue weighted by atomic mass is 9.78. The third-order valence-electron chi connectivity index (χ3n) is 5.83. The number of nitrogens with one attached hydrogen (secondary N) is 1. The van der Waals surface area contributed by atoms with Gasteiger partial charge in [-0.1, -0.05) is 11.6 Å². The predicted octanol–water partition coefficient (Wildman–Crippen LogP) is 3.12. The molecule has 2 aliphatic rings. The molecule has 0 aromatic carbocycles. The fraction of sp³-hybridized carbons (Fsp3) is 0.684. The van der Waals surface area contributed by atoms with Crippen molar-refractivity contribution in [3.8, 4) is 0 Å². The van der Waals surface area contributed by atoms with Crippen molar-refractivity contribution in [2.75, 3.05) is 25.7 Å². The maximum Gasteiger partial charge on any atom is 0.221 e. The number of nitrogens with zero attached hydrogens (tertiary/aromatic N) is 2. The van der Waals surface area contributed by atoms with Gasteiger partial charge in [0.15, 0.2) is 0 Å². The van der Waals surface area contributed by atoms with E-state index in [0.29, 0.717) is 17.5 Å². The minimum Gasteiger partial charge on any atom is -0.377 e. The number of amides is 1. The minimum absolute atomic E-state index is 0.0972. The van der Waals surface area contributed by atoms with Crippen molar-refractivity contribution in [1.82, 2.24) is 15.2 Å². The zero-order valence-electron chi connectivity index (χ0n) is 15.5. The van der Waals surface area contributed by atoms with Crippen LogP contribution in [0.1, 0.15) is 37.7 Å². The van der Waals surface area contributed by atoms with Crippen LogP contribution in [-0.2, 0) is 16.1 Å². The number of likely N-dealkylation sites (tertiary alicyclic amines) is 1. The van der Waals surface area contributed by atoms with Gasteiger partial charge < -0.3 is 10.1 Å². The lowest BCUT2D eigenvalue weighted by molar-refractivity contribution is -0.123. The molecule has 1 aromatic rings. The van der Waals surface area contributed by atoms with Gasteiger partial charge in [-0.3, -0.25) is 14.7 Å². The summed E-state index contributed by atoms with van der Waals surface area (Å²) in [7, 11) is 1.83. The SMILES string of the molecule is CO[C@@]12CC[C@@H](NC(=O)CCSC)C[C@@H]1N(Cc1ccncc1Cl)CC2. The molecule has 3 rings (SSSR count). The summed E-state index contributed by atoms with van der Waals surface area (Å²) in [4.78, 5) is 18.7. The maximum absolute atomic E-state index is 12.1. The first-order valence-electron chi connectivity index (χ1n) is 9.24. The molecular weight excluding hydrogens is 370 g/mol. The number of methoxy groups -OCH3 is 1. The van der Waals surface area contributed by atoms with Crippen molar-refractivity contribution >= 4 is 29.3 Å². The Balaban J connectivity index is 1.67. The number of halogens is 1. The van der Waals surface area contributed by atoms with E-state index in [1.165, 1.54) is 0 Å². The highest BCUT2D eigenvalue weighted by atomic mass is 35.5. The smallest absolute Gasteiger partial charge is 0.221 e. The van der Waals surface area contributed by atoms with Gasteiger partial charge in [-0.15, -0.1) is 0 Å². The second-order valence-electron chi connectivity index (χ2n) is 7.25. The number of hydrogen-bond donors (Lipinski definition) is 1. The van der Waals surface area contributed by atoms with Gasteiger partial charge in [-0.2, -0.15) is 11.8 Å². The van der Waals surface area contributed by atoms with Crippen LogP contribution in [0.15, 0.2) is 18.5 Å². The van der Waals surface area contributed by atoms with Gasteiger partial charge in [0.1, 0.15) is 0 Å². The Hall–Kier alpha value is -0.820. The van der Waals surface area contributed by atoms with Gasteiger partial charge in [-0.05, 0) is 43.6 Å². The largest absolute Gasteiger partial charge is 0.377 e. The van der Waals surface area contributed by atoms with Crippen LogP contribution in [0.2, 0.25) is 5.02 Å². The van der Waals surface area contributed by atoms with E-state index in [4.69, 9.17) is 16.3 Å². The van der Waals surface area contributed by atoms with Gasteiger partial charge in [0.25, 0.3) is 0 Å². The maximum atomic E-state index is 12.1. The highest BCUT2D eigenvalue weighted by molar-refractivity contribution is 7.98. The fourth-order valence-corrected chi connectivity index (χ4v) is 4.92. The van der Waals surface area contributed by atoms with E-state index in [0.717, 1.165) is 50.1 Å². The Bertz CT molecular complexity index is 633. The van der Waals surface area contributed by atoms with Gasteiger partial charge in [-0.25, -0.2) is 0 Å². The van der Waals surface area contributed by atoms with E-state index in [-0.39, 0.29) is 17.6 Å². The minimum atomic E-state index is -0.0972. The number of fused-ring (bicyclic) bond motifs is 1. The summed E-state index contributed by atoms with van der Waals surface area (Å²) in [6.07, 6.45) is 10.0. The van der Waals surface area contributed by atoms with Gasteiger partial charge >= 0.3 is 0 Å². The van der Waals surface area contributed by atoms with Crippen LogP contribution >= 0.6 is 23.4 Å². The van der Waals surface area contributed by atoms with Crippen LogP contribution in [-0.4, -0.2) is 59.1 Å². The molecule has 0 bridgehead atoms. The zero-order chi connectivity index (χ0) is 18.6. The summed E-state index contributed by atoms with van der Waals surface area (Å²) in [6.45, 7) is 1.79. The molecule has 1 saturated heterocycles. The first kappa shape index (κ1) is 19.9. The van der Waals surface area contributed by atoms with Crippen LogP contribution in [0.3, 0.4) is 0 Å². The summed E-state index contributed by atoms with van der Waals surface area (Å²) in [5.41, 5.74) is 1.000. The fourth-order valence-electron chi connectivity index (χ4n) is 4.36. The second kappa shape index (κ2) is 8.91. The first-order chi connectivity index (χ1) is 12.6. The van der Waals surface area contributed by atoms with Crippen LogP contribution in [0.5, 0.6) is 0 Å². The highest BCUT2D eigenvalue weighted by Crippen LogP contribution is 2.43. The van der Waals surface area contributed by atoms with Crippen LogP contribution < -0.4 is 5.32 Å². The molecule has 1 aromatic heterocycles. The molecule has 2 heterocycles. The number of thioether (sulfide) groups is 1. The van der Waals surface area contributed by atoms with Crippen molar-refractivity contribution in [3.05, 3.63) is 29.0 Å². The molecule has 1 N–H and O–H groups in total. The Kier molecular flexibility index (Phi) is 6.83. The zero-order valence-corrected chi connectivity index (χ0v) is 17.1. The molecule has 1 saturated carbocycles. The van der Waals surface area contributed by atoms with Crippen molar-refractivity contribution in [3.63, 3.8) is 0 Å². The van der Waals surface area contributed by atoms with Crippen LogP contribution in [0.4, 0.5) is 0 Å². The molecule has 0 spiro atoms. The average molecular weight is 398 g/mol. The third kappa shape index (κ3) is 4.35. The Morgan fingerprint density at radius 3 is 3.12 bits per heavy atom. The summed E-state index contributed by atoms with van der Waals surface area (Å²) in [5.74, 6) is 1.03. The molecule has 0 radical (unpaired) electrons. The number of rotatable bonds is 7. The van der Waals surface area contributed by atoms with E-state index >= 15 is 0 Å². The van der Waals surface area contributed by atoms with Gasteiger partial charge in [0.05, 0.1) is 10.6 Å². The molecule has 2 fully saturated rings. The molecular formula is C19H28ClN3O2S. The van der Waals surface area contributed by atoms with E-state index in [1.54, 1.807) is 24.2 Å². The molecule has 1 amide bonds. The molecule has 7 heteroatoms. The van der Waals surface area contributed by atoms with Crippen LogP contribution in [0.25, 0.3) is 0 Å². The van der Waals surface area contributed by atoms with Gasteiger partial charge in [0.2, 0.25) is 5.91 Å². The summed E-state index contributed by atoms with van der Waals surface area (Å²) >= 11 is 8.02. The number of carbonyl (C=O) groups excluding carboxylic acids is 1. The summed E-state index contributed by atoms with van der Waals surface area (Å²) < 4.78 is 6.02. The van der Waals surface area contributed by atoms with Crippen molar-refractivity contribution in [1.29, 1.82) is 0 Å². The summed E-state index contributed by atoms with van der Waals surface area (Å²) in [5, 5.41) is 3.94. The van der Waals surface area contributed by atoms with Crippen LogP contribution in [0, 0.1) is 0 Å². The average Bonchev–Trinajstić information content (AvgIpc) is 3.00. The van der Waals surface area contributed by atoms with E-state index in [1.807, 2.05) is 19.4 Å². The monoisotopic (exact) mass is 397 g/mol. The number of carbonyl (C=O) groups is 1. The molecule has 3 atom stereocenters. The third-order valence-corrected chi connectivity index (χ3v) is 6.78. The number of pyridine rings is 1. The molecule has 0 unspecified atom stereocenters. The van der Waals surface area contributed by atoms with E-state index < -0.39 is 0 Å². The van der Waals surface area contributed by atoms with E-state index in [9.17, 15) is 4.79 Å². The van der Waals surface area contributed by atoms with Gasteiger partial charge in [0, 0.05) is 56.9 Å². The molecule has 144 valence electrons. The Labute approximate surface area is 165 Å². The Morgan fingerprint density at radius 1 is 1.54 bits per heavy atom. The quantitative estimate of drug-likeness (QED) is 0.766. The van der Waals surface area contributed by atoms with Crippen molar-refractivity contribution in [2.45, 2.75) is 56.3 Å². The Morgan fingerprint density at radius 2 is 2.38 bits per heavy atom. The molecule has 26 heavy (non-hydrogen) atoms. The number of ether oxygens (including phenoxy) is 1. The predicted molar refractivity (Wildman–Crippen MR) is 107 cm³/mol. The van der Waals surface area contributed by atoms with E-state index in [2.05, 4.69) is 15.2 Å². The van der Waals surface area contributed by atoms with Crippen molar-refractivity contribution in [2.24, 2.45) is 0 Å².